The van der Waals surface area contributed by atoms with Gasteiger partial charge in [0.1, 0.15) is 0 Å². The van der Waals surface area contributed by atoms with Gasteiger partial charge >= 0.3 is 6.03 Å². The van der Waals surface area contributed by atoms with Crippen LogP contribution in [0.15, 0.2) is 0 Å². The second-order valence-corrected chi connectivity index (χ2v) is 6.25. The highest BCUT2D eigenvalue weighted by molar-refractivity contribution is 5.74. The molecule has 4 nitrogen and oxygen atoms in total. The summed E-state index contributed by atoms with van der Waals surface area (Å²) < 4.78 is 0. The molecule has 0 saturated heterocycles. The van der Waals surface area contributed by atoms with Crippen molar-refractivity contribution < 1.29 is 9.90 Å². The van der Waals surface area contributed by atoms with Crippen LogP contribution in [0.5, 0.6) is 0 Å². The number of hydrogen-bond donors (Lipinski definition) is 3. The standard InChI is InChI=1S/C14H30N2O2/c1-6-12(17)8-10-15-13(18)16-11(2)7-9-14(3,4)5/h11-12,17H,6-10H2,1-5H3,(H2,15,16,18). The van der Waals surface area contributed by atoms with Crippen molar-refractivity contribution in [3.8, 4) is 0 Å². The predicted octanol–water partition coefficient (Wildman–Crippen LogP) is 2.66. The number of urea groups is 1. The average molecular weight is 258 g/mol. The van der Waals surface area contributed by atoms with E-state index < -0.39 is 0 Å². The number of carbonyl (C=O) groups is 1. The Morgan fingerprint density at radius 1 is 1.28 bits per heavy atom. The SMILES string of the molecule is CCC(O)CCNC(=O)NC(C)CCC(C)(C)C. The molecule has 2 atom stereocenters. The Morgan fingerprint density at radius 2 is 1.89 bits per heavy atom. The molecule has 2 unspecified atom stereocenters. The summed E-state index contributed by atoms with van der Waals surface area (Å²) in [7, 11) is 0. The van der Waals surface area contributed by atoms with Gasteiger partial charge < -0.3 is 15.7 Å². The van der Waals surface area contributed by atoms with Crippen LogP contribution < -0.4 is 10.6 Å². The molecule has 0 aromatic carbocycles. The molecule has 108 valence electrons. The molecule has 4 heteroatoms. The lowest BCUT2D eigenvalue weighted by Crippen LogP contribution is -2.41. The third-order valence-corrected chi connectivity index (χ3v) is 2.94. The van der Waals surface area contributed by atoms with Crippen molar-refractivity contribution in [1.82, 2.24) is 10.6 Å². The summed E-state index contributed by atoms with van der Waals surface area (Å²) in [6, 6.07) is 0.0417. The van der Waals surface area contributed by atoms with E-state index in [1.807, 2.05) is 13.8 Å². The van der Waals surface area contributed by atoms with Crippen molar-refractivity contribution in [3.05, 3.63) is 0 Å². The fourth-order valence-electron chi connectivity index (χ4n) is 1.55. The van der Waals surface area contributed by atoms with E-state index in [1.165, 1.54) is 0 Å². The Balaban J connectivity index is 3.68. The van der Waals surface area contributed by atoms with E-state index in [2.05, 4.69) is 31.4 Å². The predicted molar refractivity (Wildman–Crippen MR) is 75.6 cm³/mol. The van der Waals surface area contributed by atoms with Gasteiger partial charge in [-0.05, 0) is 38.0 Å². The summed E-state index contributed by atoms with van der Waals surface area (Å²) in [5.74, 6) is 0. The van der Waals surface area contributed by atoms with Gasteiger partial charge in [0.05, 0.1) is 6.10 Å². The molecular weight excluding hydrogens is 228 g/mol. The van der Waals surface area contributed by atoms with Gasteiger partial charge in [-0.15, -0.1) is 0 Å². The van der Waals surface area contributed by atoms with Crippen LogP contribution in [0.2, 0.25) is 0 Å². The van der Waals surface area contributed by atoms with Gasteiger partial charge in [-0.2, -0.15) is 0 Å². The van der Waals surface area contributed by atoms with Crippen LogP contribution in [0.3, 0.4) is 0 Å². The molecule has 0 saturated carbocycles. The number of amides is 2. The zero-order valence-corrected chi connectivity index (χ0v) is 12.5. The minimum atomic E-state index is -0.316. The molecule has 0 bridgehead atoms. The van der Waals surface area contributed by atoms with Crippen molar-refractivity contribution in [2.24, 2.45) is 5.41 Å². The lowest BCUT2D eigenvalue weighted by atomic mass is 9.89. The van der Waals surface area contributed by atoms with Crippen molar-refractivity contribution in [1.29, 1.82) is 0 Å². The molecule has 0 spiro atoms. The summed E-state index contributed by atoms with van der Waals surface area (Å²) in [6.45, 7) is 11.1. The average Bonchev–Trinajstić information content (AvgIpc) is 2.25. The van der Waals surface area contributed by atoms with Crippen molar-refractivity contribution in [3.63, 3.8) is 0 Å². The number of rotatable bonds is 7. The normalized spacial score (nSPS) is 15.0. The number of carbonyl (C=O) groups excluding carboxylic acids is 1. The highest BCUT2D eigenvalue weighted by Gasteiger charge is 2.13. The molecule has 2 amide bonds. The molecule has 0 aliphatic rings. The Labute approximate surface area is 112 Å². The van der Waals surface area contributed by atoms with Crippen LogP contribution in [0.1, 0.15) is 60.3 Å². The van der Waals surface area contributed by atoms with E-state index in [0.29, 0.717) is 18.4 Å². The topological polar surface area (TPSA) is 61.4 Å². The maximum atomic E-state index is 11.5. The van der Waals surface area contributed by atoms with E-state index in [1.54, 1.807) is 0 Å². The molecule has 0 radical (unpaired) electrons. The van der Waals surface area contributed by atoms with Crippen LogP contribution in [-0.2, 0) is 0 Å². The number of aliphatic hydroxyl groups is 1. The van der Waals surface area contributed by atoms with Crippen LogP contribution >= 0.6 is 0 Å². The second-order valence-electron chi connectivity index (χ2n) is 6.25. The lowest BCUT2D eigenvalue weighted by molar-refractivity contribution is 0.160. The van der Waals surface area contributed by atoms with Crippen LogP contribution in [0.4, 0.5) is 4.79 Å². The molecule has 0 aromatic rings. The molecular formula is C14H30N2O2. The maximum Gasteiger partial charge on any atom is 0.314 e. The molecule has 18 heavy (non-hydrogen) atoms. The van der Waals surface area contributed by atoms with Gasteiger partial charge in [-0.3, -0.25) is 0 Å². The third-order valence-electron chi connectivity index (χ3n) is 2.94. The smallest absolute Gasteiger partial charge is 0.314 e. The Kier molecular flexibility index (Phi) is 8.00. The van der Waals surface area contributed by atoms with Gasteiger partial charge in [0.15, 0.2) is 0 Å². The summed E-state index contributed by atoms with van der Waals surface area (Å²) in [4.78, 5) is 11.5. The first-order chi connectivity index (χ1) is 8.24. The molecule has 0 rings (SSSR count). The summed E-state index contributed by atoms with van der Waals surface area (Å²) >= 11 is 0. The van der Waals surface area contributed by atoms with E-state index in [9.17, 15) is 9.90 Å². The zero-order chi connectivity index (χ0) is 14.2. The zero-order valence-electron chi connectivity index (χ0n) is 12.5. The van der Waals surface area contributed by atoms with E-state index >= 15 is 0 Å². The highest BCUT2D eigenvalue weighted by atomic mass is 16.3. The Bertz CT molecular complexity index is 236. The van der Waals surface area contributed by atoms with Crippen LogP contribution in [0.25, 0.3) is 0 Å². The van der Waals surface area contributed by atoms with Gasteiger partial charge in [0, 0.05) is 12.6 Å². The van der Waals surface area contributed by atoms with Gasteiger partial charge in [-0.25, -0.2) is 4.79 Å². The third kappa shape index (κ3) is 10.4. The van der Waals surface area contributed by atoms with Crippen molar-refractivity contribution in [2.75, 3.05) is 6.54 Å². The lowest BCUT2D eigenvalue weighted by Gasteiger charge is -2.21. The number of aliphatic hydroxyl groups excluding tert-OH is 1. The fourth-order valence-corrected chi connectivity index (χ4v) is 1.55. The summed E-state index contributed by atoms with van der Waals surface area (Å²) in [5, 5.41) is 15.0. The van der Waals surface area contributed by atoms with Crippen LogP contribution in [-0.4, -0.2) is 29.8 Å². The highest BCUT2D eigenvalue weighted by Crippen LogP contribution is 2.21. The molecule has 0 aliphatic carbocycles. The van der Waals surface area contributed by atoms with Gasteiger partial charge in [-0.1, -0.05) is 27.7 Å². The molecule has 3 N–H and O–H groups in total. The first-order valence-corrected chi connectivity index (χ1v) is 6.97. The van der Waals surface area contributed by atoms with Gasteiger partial charge in [0.2, 0.25) is 0 Å². The largest absolute Gasteiger partial charge is 0.393 e. The van der Waals surface area contributed by atoms with Crippen LogP contribution in [0, 0.1) is 5.41 Å². The first kappa shape index (κ1) is 17.2. The summed E-state index contributed by atoms with van der Waals surface area (Å²) in [6.07, 6.45) is 3.09. The second kappa shape index (κ2) is 8.35. The van der Waals surface area contributed by atoms with Crippen molar-refractivity contribution in [2.45, 2.75) is 72.4 Å². The summed E-state index contributed by atoms with van der Waals surface area (Å²) in [5.41, 5.74) is 0.303. The van der Waals surface area contributed by atoms with E-state index in [-0.39, 0.29) is 18.2 Å². The van der Waals surface area contributed by atoms with E-state index in [4.69, 9.17) is 0 Å². The Hall–Kier alpha value is -0.770. The molecule has 0 aromatic heterocycles. The minimum Gasteiger partial charge on any atom is -0.393 e. The Morgan fingerprint density at radius 3 is 2.39 bits per heavy atom. The quantitative estimate of drug-likeness (QED) is 0.657. The molecule has 0 heterocycles. The number of hydrogen-bond acceptors (Lipinski definition) is 2. The molecule has 0 aliphatic heterocycles. The maximum absolute atomic E-state index is 11.5. The minimum absolute atomic E-state index is 0.139. The monoisotopic (exact) mass is 258 g/mol. The first-order valence-electron chi connectivity index (χ1n) is 6.97. The molecule has 0 fully saturated rings. The fraction of sp³-hybridized carbons (Fsp3) is 0.929. The van der Waals surface area contributed by atoms with E-state index in [0.717, 1.165) is 19.3 Å². The van der Waals surface area contributed by atoms with Crippen molar-refractivity contribution >= 4 is 6.03 Å². The van der Waals surface area contributed by atoms with Gasteiger partial charge in [0.25, 0.3) is 0 Å². The number of nitrogens with one attached hydrogen (secondary N) is 2.